The van der Waals surface area contributed by atoms with E-state index in [0.717, 1.165) is 28.6 Å². The van der Waals surface area contributed by atoms with Gasteiger partial charge in [0.25, 0.3) is 5.91 Å². The van der Waals surface area contributed by atoms with Crippen LogP contribution in [-0.4, -0.2) is 23.0 Å². The molecule has 3 N–H and O–H groups in total. The van der Waals surface area contributed by atoms with Gasteiger partial charge in [0.15, 0.2) is 0 Å². The number of hydrogen-bond acceptors (Lipinski definition) is 3. The average Bonchev–Trinajstić information content (AvgIpc) is 2.81. The zero-order chi connectivity index (χ0) is 14.7. The van der Waals surface area contributed by atoms with Gasteiger partial charge in [-0.15, -0.1) is 0 Å². The van der Waals surface area contributed by atoms with Crippen LogP contribution < -0.4 is 11.1 Å². The highest BCUT2D eigenvalue weighted by Crippen LogP contribution is 2.30. The van der Waals surface area contributed by atoms with E-state index in [9.17, 15) is 4.79 Å². The quantitative estimate of drug-likeness (QED) is 0.807. The molecule has 2 atom stereocenters. The van der Waals surface area contributed by atoms with E-state index in [0.29, 0.717) is 22.5 Å². The molecule has 1 saturated carbocycles. The third-order valence-electron chi connectivity index (χ3n) is 3.78. The smallest absolute Gasteiger partial charge is 0.251 e. The topological polar surface area (TPSA) is 55.1 Å². The van der Waals surface area contributed by atoms with Gasteiger partial charge in [0.2, 0.25) is 0 Å². The molecular weight excluding hydrogens is 336 g/mol. The highest BCUT2D eigenvalue weighted by Gasteiger charge is 2.26. The SMILES string of the molecule is CCSC1CCC(NC(=O)c2cc(Br)cc(N)c2C)C1. The van der Waals surface area contributed by atoms with E-state index in [1.54, 1.807) is 0 Å². The molecule has 20 heavy (non-hydrogen) atoms. The number of nitrogens with one attached hydrogen (secondary N) is 1. The van der Waals surface area contributed by atoms with Crippen LogP contribution in [0.15, 0.2) is 16.6 Å². The number of halogens is 1. The Labute approximate surface area is 133 Å². The lowest BCUT2D eigenvalue weighted by atomic mass is 10.1. The fourth-order valence-electron chi connectivity index (χ4n) is 2.66. The van der Waals surface area contributed by atoms with Crippen molar-refractivity contribution in [3.05, 3.63) is 27.7 Å². The summed E-state index contributed by atoms with van der Waals surface area (Å²) in [5, 5.41) is 3.84. The van der Waals surface area contributed by atoms with E-state index in [2.05, 4.69) is 28.2 Å². The van der Waals surface area contributed by atoms with Crippen LogP contribution in [0, 0.1) is 6.92 Å². The first-order chi connectivity index (χ1) is 9.51. The van der Waals surface area contributed by atoms with E-state index in [-0.39, 0.29) is 5.91 Å². The predicted molar refractivity (Wildman–Crippen MR) is 90.3 cm³/mol. The molecule has 1 aliphatic rings. The minimum Gasteiger partial charge on any atom is -0.398 e. The first-order valence-corrected chi connectivity index (χ1v) is 8.83. The van der Waals surface area contributed by atoms with E-state index < -0.39 is 0 Å². The number of nitrogen functional groups attached to an aromatic ring is 1. The fourth-order valence-corrected chi connectivity index (χ4v) is 4.28. The molecule has 0 saturated heterocycles. The Balaban J connectivity index is 2.03. The van der Waals surface area contributed by atoms with Crippen molar-refractivity contribution in [3.63, 3.8) is 0 Å². The van der Waals surface area contributed by atoms with Gasteiger partial charge in [0, 0.05) is 27.0 Å². The summed E-state index contributed by atoms with van der Waals surface area (Å²) in [5.41, 5.74) is 8.08. The minimum absolute atomic E-state index is 0.0114. The van der Waals surface area contributed by atoms with Gasteiger partial charge >= 0.3 is 0 Å². The summed E-state index contributed by atoms with van der Waals surface area (Å²) in [6, 6.07) is 3.97. The molecule has 0 aromatic heterocycles. The fraction of sp³-hybridized carbons (Fsp3) is 0.533. The number of carbonyl (C=O) groups is 1. The lowest BCUT2D eigenvalue weighted by Crippen LogP contribution is -2.33. The normalized spacial score (nSPS) is 21.9. The molecule has 3 nitrogen and oxygen atoms in total. The maximum atomic E-state index is 12.4. The van der Waals surface area contributed by atoms with Gasteiger partial charge in [-0.3, -0.25) is 4.79 Å². The number of hydrogen-bond donors (Lipinski definition) is 2. The highest BCUT2D eigenvalue weighted by molar-refractivity contribution is 9.10. The van der Waals surface area contributed by atoms with Crippen LogP contribution in [0.5, 0.6) is 0 Å². The van der Waals surface area contributed by atoms with Gasteiger partial charge in [-0.05, 0) is 49.6 Å². The van der Waals surface area contributed by atoms with E-state index >= 15 is 0 Å². The number of amides is 1. The molecule has 2 unspecified atom stereocenters. The molecule has 1 aromatic carbocycles. The molecule has 5 heteroatoms. The van der Waals surface area contributed by atoms with Gasteiger partial charge in [-0.2, -0.15) is 11.8 Å². The Kier molecular flexibility index (Phi) is 5.38. The van der Waals surface area contributed by atoms with Crippen molar-refractivity contribution in [2.24, 2.45) is 0 Å². The zero-order valence-electron chi connectivity index (χ0n) is 11.9. The van der Waals surface area contributed by atoms with Crippen LogP contribution in [0.1, 0.15) is 42.1 Å². The molecular formula is C15H21BrN2OS. The number of anilines is 1. The number of rotatable bonds is 4. The largest absolute Gasteiger partial charge is 0.398 e. The highest BCUT2D eigenvalue weighted by atomic mass is 79.9. The molecule has 1 aromatic rings. The first-order valence-electron chi connectivity index (χ1n) is 6.99. The van der Waals surface area contributed by atoms with Gasteiger partial charge in [-0.25, -0.2) is 0 Å². The van der Waals surface area contributed by atoms with Crippen LogP contribution in [-0.2, 0) is 0 Å². The molecule has 2 rings (SSSR count). The van der Waals surface area contributed by atoms with Crippen LogP contribution >= 0.6 is 27.7 Å². The Morgan fingerprint density at radius 1 is 1.50 bits per heavy atom. The lowest BCUT2D eigenvalue weighted by molar-refractivity contribution is 0.0937. The van der Waals surface area contributed by atoms with Crippen molar-refractivity contribution in [1.82, 2.24) is 5.32 Å². The van der Waals surface area contributed by atoms with Crippen molar-refractivity contribution in [2.75, 3.05) is 11.5 Å². The molecule has 0 heterocycles. The van der Waals surface area contributed by atoms with Gasteiger partial charge in [0.05, 0.1) is 0 Å². The van der Waals surface area contributed by atoms with Crippen LogP contribution in [0.4, 0.5) is 5.69 Å². The third kappa shape index (κ3) is 3.70. The van der Waals surface area contributed by atoms with Crippen LogP contribution in [0.25, 0.3) is 0 Å². The van der Waals surface area contributed by atoms with Crippen molar-refractivity contribution >= 4 is 39.3 Å². The number of nitrogens with two attached hydrogens (primary N) is 1. The summed E-state index contributed by atoms with van der Waals surface area (Å²) in [5.74, 6) is 1.13. The lowest BCUT2D eigenvalue weighted by Gasteiger charge is -2.15. The Morgan fingerprint density at radius 2 is 2.25 bits per heavy atom. The summed E-state index contributed by atoms with van der Waals surface area (Å²) in [6.07, 6.45) is 3.35. The average molecular weight is 357 g/mol. The predicted octanol–water partition coefficient (Wildman–Crippen LogP) is 3.74. The summed E-state index contributed by atoms with van der Waals surface area (Å²) in [4.78, 5) is 12.4. The first kappa shape index (κ1) is 15.7. The van der Waals surface area contributed by atoms with Crippen molar-refractivity contribution < 1.29 is 4.79 Å². The van der Waals surface area contributed by atoms with Crippen LogP contribution in [0.2, 0.25) is 0 Å². The Morgan fingerprint density at radius 3 is 2.95 bits per heavy atom. The maximum Gasteiger partial charge on any atom is 0.251 e. The second-order valence-electron chi connectivity index (χ2n) is 5.23. The number of thioether (sulfide) groups is 1. The van der Waals surface area contributed by atoms with E-state index in [4.69, 9.17) is 5.73 Å². The molecule has 0 aliphatic heterocycles. The zero-order valence-corrected chi connectivity index (χ0v) is 14.3. The second kappa shape index (κ2) is 6.85. The number of carbonyl (C=O) groups excluding carboxylic acids is 1. The Bertz CT molecular complexity index is 507. The van der Waals surface area contributed by atoms with Gasteiger partial charge in [0.1, 0.15) is 0 Å². The minimum atomic E-state index is -0.0114. The summed E-state index contributed by atoms with van der Waals surface area (Å²) in [7, 11) is 0. The molecule has 1 amide bonds. The molecule has 0 radical (unpaired) electrons. The van der Waals surface area contributed by atoms with Crippen molar-refractivity contribution in [1.29, 1.82) is 0 Å². The Hall–Kier alpha value is -0.680. The monoisotopic (exact) mass is 356 g/mol. The van der Waals surface area contributed by atoms with Gasteiger partial charge in [-0.1, -0.05) is 22.9 Å². The molecule has 110 valence electrons. The van der Waals surface area contributed by atoms with E-state index in [1.807, 2.05) is 30.8 Å². The molecule has 0 bridgehead atoms. The van der Waals surface area contributed by atoms with E-state index in [1.165, 1.54) is 6.42 Å². The second-order valence-corrected chi connectivity index (χ2v) is 7.72. The summed E-state index contributed by atoms with van der Waals surface area (Å²) in [6.45, 7) is 4.07. The molecule has 1 aliphatic carbocycles. The van der Waals surface area contributed by atoms with Crippen LogP contribution in [0.3, 0.4) is 0 Å². The number of benzene rings is 1. The summed E-state index contributed by atoms with van der Waals surface area (Å²) >= 11 is 5.39. The summed E-state index contributed by atoms with van der Waals surface area (Å²) < 4.78 is 0.844. The maximum absolute atomic E-state index is 12.4. The molecule has 0 spiro atoms. The van der Waals surface area contributed by atoms with Crippen molar-refractivity contribution in [2.45, 2.75) is 44.4 Å². The standard InChI is InChI=1S/C15H21BrN2OS/c1-3-20-12-5-4-11(8-12)18-15(19)13-6-10(16)7-14(17)9(13)2/h6-7,11-12H,3-5,8,17H2,1-2H3,(H,18,19). The van der Waals surface area contributed by atoms with Crippen molar-refractivity contribution in [3.8, 4) is 0 Å². The van der Waals surface area contributed by atoms with Gasteiger partial charge < -0.3 is 11.1 Å². The third-order valence-corrected chi connectivity index (χ3v) is 5.47. The molecule has 1 fully saturated rings.